The van der Waals surface area contributed by atoms with Crippen molar-refractivity contribution in [1.82, 2.24) is 5.32 Å². The molecule has 1 nitrogen and oxygen atoms in total. The largest absolute Gasteiger partial charge is 0.308 e. The molecule has 0 saturated heterocycles. The van der Waals surface area contributed by atoms with E-state index in [9.17, 15) is 8.78 Å². The van der Waals surface area contributed by atoms with E-state index in [1.54, 1.807) is 0 Å². The van der Waals surface area contributed by atoms with Crippen LogP contribution >= 0.6 is 0 Å². The van der Waals surface area contributed by atoms with Gasteiger partial charge < -0.3 is 5.32 Å². The minimum absolute atomic E-state index is 0.0415. The number of benzene rings is 1. The van der Waals surface area contributed by atoms with Crippen molar-refractivity contribution in [3.63, 3.8) is 0 Å². The topological polar surface area (TPSA) is 12.0 Å². The molecule has 1 aromatic carbocycles. The lowest BCUT2D eigenvalue weighted by molar-refractivity contribution is 0.497. The van der Waals surface area contributed by atoms with E-state index >= 15 is 0 Å². The highest BCUT2D eigenvalue weighted by Crippen LogP contribution is 2.16. The molecule has 14 heavy (non-hydrogen) atoms. The zero-order chi connectivity index (χ0) is 10.7. The van der Waals surface area contributed by atoms with Gasteiger partial charge in [0.1, 0.15) is 11.6 Å². The molecule has 0 unspecified atom stereocenters. The van der Waals surface area contributed by atoms with Crippen molar-refractivity contribution in [3.05, 3.63) is 35.4 Å². The number of halogens is 2. The summed E-state index contributed by atoms with van der Waals surface area (Å²) in [7, 11) is 0. The first-order valence-electron chi connectivity index (χ1n) is 4.71. The van der Waals surface area contributed by atoms with Crippen LogP contribution in [0.25, 0.3) is 0 Å². The molecule has 0 spiro atoms. The summed E-state index contributed by atoms with van der Waals surface area (Å²) < 4.78 is 25.7. The van der Waals surface area contributed by atoms with Crippen LogP contribution in [0.15, 0.2) is 18.2 Å². The predicted molar refractivity (Wildman–Crippen MR) is 53.0 cm³/mol. The smallest absolute Gasteiger partial charge is 0.126 e. The molecule has 78 valence electrons. The van der Waals surface area contributed by atoms with E-state index in [0.29, 0.717) is 5.56 Å². The molecule has 0 aliphatic heterocycles. The maximum absolute atomic E-state index is 12.9. The molecule has 0 saturated carbocycles. The molecule has 3 heteroatoms. The van der Waals surface area contributed by atoms with Gasteiger partial charge >= 0.3 is 0 Å². The highest BCUT2D eigenvalue weighted by atomic mass is 19.1. The minimum atomic E-state index is -0.530. The summed E-state index contributed by atoms with van der Waals surface area (Å²) >= 11 is 0. The van der Waals surface area contributed by atoms with E-state index in [-0.39, 0.29) is 12.1 Å². The van der Waals surface area contributed by atoms with Crippen LogP contribution in [0.5, 0.6) is 0 Å². The molecule has 1 rings (SSSR count). The van der Waals surface area contributed by atoms with Gasteiger partial charge in [0.15, 0.2) is 0 Å². The maximum atomic E-state index is 12.9. The molecule has 0 aromatic heterocycles. The van der Waals surface area contributed by atoms with Crippen LogP contribution in [-0.4, -0.2) is 6.04 Å². The first-order chi connectivity index (χ1) is 6.49. The third kappa shape index (κ3) is 3.07. The fraction of sp³-hybridized carbons (Fsp3) is 0.455. The summed E-state index contributed by atoms with van der Waals surface area (Å²) in [5, 5.41) is 3.18. The van der Waals surface area contributed by atoms with Crippen LogP contribution in [0.1, 0.15) is 32.4 Å². The van der Waals surface area contributed by atoms with Crippen LogP contribution < -0.4 is 5.32 Å². The molecule has 0 heterocycles. The SMILES string of the molecule is CC(C)N[C@@H](C)c1cc(F)cc(F)c1. The number of hydrogen-bond donors (Lipinski definition) is 1. The van der Waals surface area contributed by atoms with Gasteiger partial charge in [-0.05, 0) is 24.6 Å². The average Bonchev–Trinajstić information content (AvgIpc) is 2.00. The van der Waals surface area contributed by atoms with E-state index in [4.69, 9.17) is 0 Å². The van der Waals surface area contributed by atoms with Crippen LogP contribution in [0.4, 0.5) is 8.78 Å². The van der Waals surface area contributed by atoms with Gasteiger partial charge in [-0.3, -0.25) is 0 Å². The third-order valence-corrected chi connectivity index (χ3v) is 1.97. The molecule has 0 fully saturated rings. The quantitative estimate of drug-likeness (QED) is 0.789. The second-order valence-corrected chi connectivity index (χ2v) is 3.75. The van der Waals surface area contributed by atoms with Crippen LogP contribution in [0.2, 0.25) is 0 Å². The Kier molecular flexibility index (Phi) is 3.58. The molecular weight excluding hydrogens is 184 g/mol. The predicted octanol–water partition coefficient (Wildman–Crippen LogP) is 3.02. The van der Waals surface area contributed by atoms with Crippen molar-refractivity contribution < 1.29 is 8.78 Å². The van der Waals surface area contributed by atoms with Crippen LogP contribution in [0, 0.1) is 11.6 Å². The Morgan fingerprint density at radius 2 is 1.50 bits per heavy atom. The molecule has 0 amide bonds. The summed E-state index contributed by atoms with van der Waals surface area (Å²) in [6.45, 7) is 5.87. The maximum Gasteiger partial charge on any atom is 0.126 e. The highest BCUT2D eigenvalue weighted by molar-refractivity contribution is 5.20. The lowest BCUT2D eigenvalue weighted by Gasteiger charge is -2.17. The monoisotopic (exact) mass is 199 g/mol. The summed E-state index contributed by atoms with van der Waals surface area (Å²) in [6, 6.07) is 3.83. The Bertz CT molecular complexity index is 290. The summed E-state index contributed by atoms with van der Waals surface area (Å²) in [5.74, 6) is -1.06. The average molecular weight is 199 g/mol. The lowest BCUT2D eigenvalue weighted by atomic mass is 10.1. The standard InChI is InChI=1S/C11H15F2N/c1-7(2)14-8(3)9-4-10(12)6-11(13)5-9/h4-8,14H,1-3H3/t8-/m0/s1. The number of rotatable bonds is 3. The van der Waals surface area contributed by atoms with Crippen molar-refractivity contribution >= 4 is 0 Å². The molecule has 0 bridgehead atoms. The summed E-state index contributed by atoms with van der Waals surface area (Å²) in [6.07, 6.45) is 0. The zero-order valence-corrected chi connectivity index (χ0v) is 8.64. The molecule has 0 aliphatic carbocycles. The van der Waals surface area contributed by atoms with Crippen molar-refractivity contribution in [3.8, 4) is 0 Å². The molecule has 0 aliphatic rings. The zero-order valence-electron chi connectivity index (χ0n) is 8.64. The Labute approximate surface area is 83.1 Å². The van der Waals surface area contributed by atoms with Crippen molar-refractivity contribution in [2.45, 2.75) is 32.9 Å². The van der Waals surface area contributed by atoms with E-state index < -0.39 is 11.6 Å². The van der Waals surface area contributed by atoms with Gasteiger partial charge in [-0.2, -0.15) is 0 Å². The van der Waals surface area contributed by atoms with Gasteiger partial charge in [0.05, 0.1) is 0 Å². The van der Waals surface area contributed by atoms with E-state index in [1.165, 1.54) is 12.1 Å². The molecule has 1 atom stereocenters. The van der Waals surface area contributed by atoms with Crippen molar-refractivity contribution in [2.24, 2.45) is 0 Å². The number of nitrogens with one attached hydrogen (secondary N) is 1. The van der Waals surface area contributed by atoms with Crippen molar-refractivity contribution in [2.75, 3.05) is 0 Å². The third-order valence-electron chi connectivity index (χ3n) is 1.97. The second kappa shape index (κ2) is 4.51. The van der Waals surface area contributed by atoms with Gasteiger partial charge in [-0.25, -0.2) is 8.78 Å². The van der Waals surface area contributed by atoms with Gasteiger partial charge in [-0.15, -0.1) is 0 Å². The lowest BCUT2D eigenvalue weighted by Crippen LogP contribution is -2.26. The second-order valence-electron chi connectivity index (χ2n) is 3.75. The Morgan fingerprint density at radius 1 is 1.00 bits per heavy atom. The van der Waals surface area contributed by atoms with Gasteiger partial charge in [0, 0.05) is 18.2 Å². The highest BCUT2D eigenvalue weighted by Gasteiger charge is 2.08. The van der Waals surface area contributed by atoms with E-state index in [0.717, 1.165) is 6.07 Å². The summed E-state index contributed by atoms with van der Waals surface area (Å²) in [5.41, 5.74) is 0.635. The van der Waals surface area contributed by atoms with Crippen LogP contribution in [0.3, 0.4) is 0 Å². The molecular formula is C11H15F2N. The molecule has 1 N–H and O–H groups in total. The van der Waals surface area contributed by atoms with Crippen molar-refractivity contribution in [1.29, 1.82) is 0 Å². The fourth-order valence-corrected chi connectivity index (χ4v) is 1.42. The minimum Gasteiger partial charge on any atom is -0.308 e. The Morgan fingerprint density at radius 3 is 1.93 bits per heavy atom. The van der Waals surface area contributed by atoms with E-state index in [2.05, 4.69) is 5.32 Å². The van der Waals surface area contributed by atoms with Gasteiger partial charge in [-0.1, -0.05) is 13.8 Å². The molecule has 1 aromatic rings. The first-order valence-corrected chi connectivity index (χ1v) is 4.71. The summed E-state index contributed by atoms with van der Waals surface area (Å²) in [4.78, 5) is 0. The van der Waals surface area contributed by atoms with Gasteiger partial charge in [0.2, 0.25) is 0 Å². The van der Waals surface area contributed by atoms with Crippen LogP contribution in [-0.2, 0) is 0 Å². The Hall–Kier alpha value is -0.960. The number of hydrogen-bond acceptors (Lipinski definition) is 1. The molecule has 0 radical (unpaired) electrons. The fourth-order valence-electron chi connectivity index (χ4n) is 1.42. The first kappa shape index (κ1) is 11.1. The van der Waals surface area contributed by atoms with Gasteiger partial charge in [0.25, 0.3) is 0 Å². The Balaban J connectivity index is 2.84. The van der Waals surface area contributed by atoms with E-state index in [1.807, 2.05) is 20.8 Å². The normalized spacial score (nSPS) is 13.3.